The van der Waals surface area contributed by atoms with E-state index in [2.05, 4.69) is 15.4 Å². The van der Waals surface area contributed by atoms with Crippen LogP contribution >= 0.6 is 12.4 Å². The first-order chi connectivity index (χ1) is 8.79. The zero-order chi connectivity index (χ0) is 12.4. The molecule has 0 unspecified atom stereocenters. The highest BCUT2D eigenvalue weighted by molar-refractivity contribution is 5.85. The van der Waals surface area contributed by atoms with Gasteiger partial charge in [-0.3, -0.25) is 4.90 Å². The predicted octanol–water partition coefficient (Wildman–Crippen LogP) is 2.37. The molecule has 1 aliphatic heterocycles. The van der Waals surface area contributed by atoms with Crippen molar-refractivity contribution in [3.63, 3.8) is 0 Å². The first kappa shape index (κ1) is 14.8. The molecule has 3 rings (SSSR count). The van der Waals surface area contributed by atoms with Gasteiger partial charge in [-0.05, 0) is 45.1 Å². The van der Waals surface area contributed by atoms with Gasteiger partial charge in [0.1, 0.15) is 0 Å². The van der Waals surface area contributed by atoms with Crippen LogP contribution in [0.5, 0.6) is 0 Å². The molecule has 5 heteroatoms. The number of nitrogens with one attached hydrogen (secondary N) is 1. The summed E-state index contributed by atoms with van der Waals surface area (Å²) >= 11 is 0. The Morgan fingerprint density at radius 3 is 2.63 bits per heavy atom. The molecule has 2 heterocycles. The molecule has 4 nitrogen and oxygen atoms in total. The molecular formula is C14H24ClN3O. The summed E-state index contributed by atoms with van der Waals surface area (Å²) in [6.45, 7) is 6.47. The maximum absolute atomic E-state index is 5.27. The second-order valence-electron chi connectivity index (χ2n) is 5.84. The van der Waals surface area contributed by atoms with E-state index in [9.17, 15) is 0 Å². The lowest BCUT2D eigenvalue weighted by Crippen LogP contribution is -2.42. The Morgan fingerprint density at radius 2 is 2.05 bits per heavy atom. The number of aryl methyl sites for hydroxylation is 1. The van der Waals surface area contributed by atoms with Crippen LogP contribution in [0.1, 0.15) is 37.1 Å². The number of piperidine rings is 1. The van der Waals surface area contributed by atoms with Crippen LogP contribution < -0.4 is 5.32 Å². The number of rotatable bonds is 5. The van der Waals surface area contributed by atoms with E-state index in [0.717, 1.165) is 30.0 Å². The minimum atomic E-state index is 0. The Labute approximate surface area is 121 Å². The molecule has 1 saturated heterocycles. The molecule has 0 bridgehead atoms. The van der Waals surface area contributed by atoms with Gasteiger partial charge in [-0.2, -0.15) is 0 Å². The van der Waals surface area contributed by atoms with Gasteiger partial charge in [-0.15, -0.1) is 12.4 Å². The molecule has 0 radical (unpaired) electrons. The number of hydrogen-bond donors (Lipinski definition) is 1. The summed E-state index contributed by atoms with van der Waals surface area (Å²) in [6.07, 6.45) is 5.41. The Kier molecular flexibility index (Phi) is 5.25. The lowest BCUT2D eigenvalue weighted by Gasteiger charge is -2.31. The number of nitrogens with zero attached hydrogens (tertiary/aromatic N) is 2. The first-order valence-corrected chi connectivity index (χ1v) is 7.17. The van der Waals surface area contributed by atoms with E-state index < -0.39 is 0 Å². The van der Waals surface area contributed by atoms with Gasteiger partial charge in [0.15, 0.2) is 5.76 Å². The van der Waals surface area contributed by atoms with Crippen molar-refractivity contribution in [1.82, 2.24) is 15.4 Å². The molecule has 0 amide bonds. The van der Waals surface area contributed by atoms with E-state index in [-0.39, 0.29) is 12.4 Å². The molecule has 19 heavy (non-hydrogen) atoms. The van der Waals surface area contributed by atoms with Gasteiger partial charge < -0.3 is 9.84 Å². The minimum Gasteiger partial charge on any atom is -0.360 e. The second-order valence-corrected chi connectivity index (χ2v) is 5.84. The van der Waals surface area contributed by atoms with Gasteiger partial charge in [0.05, 0.1) is 12.2 Å². The zero-order valence-corrected chi connectivity index (χ0v) is 12.4. The lowest BCUT2D eigenvalue weighted by molar-refractivity contribution is 0.173. The SMILES string of the molecule is Cc1cc(CN2CCC(NCC3CC3)CC2)on1.Cl. The molecule has 1 saturated carbocycles. The van der Waals surface area contributed by atoms with Crippen molar-refractivity contribution in [2.75, 3.05) is 19.6 Å². The largest absolute Gasteiger partial charge is 0.360 e. The van der Waals surface area contributed by atoms with Gasteiger partial charge in [0.25, 0.3) is 0 Å². The highest BCUT2D eigenvalue weighted by Gasteiger charge is 2.24. The van der Waals surface area contributed by atoms with Crippen LogP contribution in [-0.2, 0) is 6.54 Å². The average molecular weight is 286 g/mol. The minimum absolute atomic E-state index is 0. The predicted molar refractivity (Wildman–Crippen MR) is 77.5 cm³/mol. The summed E-state index contributed by atoms with van der Waals surface area (Å²) in [5, 5.41) is 7.65. The summed E-state index contributed by atoms with van der Waals surface area (Å²) < 4.78 is 5.27. The van der Waals surface area contributed by atoms with Crippen molar-refractivity contribution in [1.29, 1.82) is 0 Å². The number of halogens is 1. The van der Waals surface area contributed by atoms with Crippen LogP contribution in [0.25, 0.3) is 0 Å². The van der Waals surface area contributed by atoms with Crippen molar-refractivity contribution < 1.29 is 4.52 Å². The van der Waals surface area contributed by atoms with Crippen molar-refractivity contribution in [3.05, 3.63) is 17.5 Å². The van der Waals surface area contributed by atoms with Gasteiger partial charge >= 0.3 is 0 Å². The second kappa shape index (κ2) is 6.73. The van der Waals surface area contributed by atoms with Crippen LogP contribution in [0, 0.1) is 12.8 Å². The fraction of sp³-hybridized carbons (Fsp3) is 0.786. The molecular weight excluding hydrogens is 262 g/mol. The third-order valence-corrected chi connectivity index (χ3v) is 4.04. The normalized spacial score (nSPS) is 21.3. The Balaban J connectivity index is 0.00000133. The molecule has 0 atom stereocenters. The van der Waals surface area contributed by atoms with Crippen LogP contribution in [-0.4, -0.2) is 35.7 Å². The van der Waals surface area contributed by atoms with E-state index in [1.165, 1.54) is 45.3 Å². The van der Waals surface area contributed by atoms with Crippen LogP contribution in [0.4, 0.5) is 0 Å². The maximum atomic E-state index is 5.27. The van der Waals surface area contributed by atoms with Crippen LogP contribution in [0.2, 0.25) is 0 Å². The van der Waals surface area contributed by atoms with Crippen molar-refractivity contribution in [2.24, 2.45) is 5.92 Å². The third kappa shape index (κ3) is 4.48. The van der Waals surface area contributed by atoms with Gasteiger partial charge in [-0.25, -0.2) is 0 Å². The summed E-state index contributed by atoms with van der Waals surface area (Å²) in [6, 6.07) is 2.77. The Hall–Kier alpha value is -0.580. The number of aromatic nitrogens is 1. The Morgan fingerprint density at radius 1 is 1.32 bits per heavy atom. The quantitative estimate of drug-likeness (QED) is 0.902. The third-order valence-electron chi connectivity index (χ3n) is 4.04. The van der Waals surface area contributed by atoms with Gasteiger partial charge in [0.2, 0.25) is 0 Å². The Bertz CT molecular complexity index is 384. The lowest BCUT2D eigenvalue weighted by atomic mass is 10.0. The van der Waals surface area contributed by atoms with E-state index >= 15 is 0 Å². The van der Waals surface area contributed by atoms with Crippen molar-refractivity contribution >= 4 is 12.4 Å². The van der Waals surface area contributed by atoms with Crippen molar-refractivity contribution in [2.45, 2.75) is 45.2 Å². The number of hydrogen-bond acceptors (Lipinski definition) is 4. The molecule has 108 valence electrons. The molecule has 2 fully saturated rings. The fourth-order valence-electron chi connectivity index (χ4n) is 2.66. The smallest absolute Gasteiger partial charge is 0.150 e. The molecule has 2 aliphatic rings. The average Bonchev–Trinajstić information content (AvgIpc) is 3.12. The van der Waals surface area contributed by atoms with Crippen molar-refractivity contribution in [3.8, 4) is 0 Å². The first-order valence-electron chi connectivity index (χ1n) is 7.17. The summed E-state index contributed by atoms with van der Waals surface area (Å²) in [5.74, 6) is 1.98. The summed E-state index contributed by atoms with van der Waals surface area (Å²) in [5.41, 5.74) is 0.978. The zero-order valence-electron chi connectivity index (χ0n) is 11.6. The summed E-state index contributed by atoms with van der Waals surface area (Å²) in [4.78, 5) is 2.47. The standard InChI is InChI=1S/C14H23N3O.ClH/c1-11-8-14(18-16-11)10-17-6-4-13(5-7-17)15-9-12-2-3-12;/h8,12-13,15H,2-7,9-10H2,1H3;1H. The van der Waals surface area contributed by atoms with E-state index in [4.69, 9.17) is 4.52 Å². The molecule has 0 aromatic carbocycles. The van der Waals surface area contributed by atoms with Crippen LogP contribution in [0.15, 0.2) is 10.6 Å². The van der Waals surface area contributed by atoms with E-state index in [1.807, 2.05) is 13.0 Å². The molecule has 0 spiro atoms. The highest BCUT2D eigenvalue weighted by atomic mass is 35.5. The molecule has 1 aliphatic carbocycles. The highest BCUT2D eigenvalue weighted by Crippen LogP contribution is 2.28. The molecule has 1 aromatic heterocycles. The van der Waals surface area contributed by atoms with Gasteiger partial charge in [-0.1, -0.05) is 5.16 Å². The maximum Gasteiger partial charge on any atom is 0.150 e. The molecule has 1 aromatic rings. The fourth-order valence-corrected chi connectivity index (χ4v) is 2.66. The number of likely N-dealkylation sites (tertiary alicyclic amines) is 1. The van der Waals surface area contributed by atoms with E-state index in [0.29, 0.717) is 0 Å². The monoisotopic (exact) mass is 285 g/mol. The van der Waals surface area contributed by atoms with Crippen LogP contribution in [0.3, 0.4) is 0 Å². The summed E-state index contributed by atoms with van der Waals surface area (Å²) in [7, 11) is 0. The van der Waals surface area contributed by atoms with Gasteiger partial charge in [0, 0.05) is 25.2 Å². The topological polar surface area (TPSA) is 41.3 Å². The molecule has 1 N–H and O–H groups in total. The van der Waals surface area contributed by atoms with E-state index in [1.54, 1.807) is 0 Å².